The summed E-state index contributed by atoms with van der Waals surface area (Å²) in [5.74, 6) is 0.569. The van der Waals surface area contributed by atoms with Gasteiger partial charge in [0.25, 0.3) is 0 Å². The minimum absolute atomic E-state index is 0.170. The lowest BCUT2D eigenvalue weighted by atomic mass is 9.96. The third-order valence-electron chi connectivity index (χ3n) is 4.88. The summed E-state index contributed by atoms with van der Waals surface area (Å²) in [5, 5.41) is 9.71. The van der Waals surface area contributed by atoms with E-state index in [0.29, 0.717) is 24.5 Å². The second kappa shape index (κ2) is 8.76. The number of nitrogens with zero attached hydrogens (tertiary/aromatic N) is 1. The molecule has 1 heterocycles. The molecule has 2 atom stereocenters. The molecule has 2 aromatic carbocycles. The molecule has 0 amide bonds. The summed E-state index contributed by atoms with van der Waals surface area (Å²) in [6.07, 6.45) is 1.53. The molecule has 2 unspecified atom stereocenters. The first-order valence-corrected chi connectivity index (χ1v) is 9.89. The summed E-state index contributed by atoms with van der Waals surface area (Å²) >= 11 is 3.54. The number of methoxy groups -OCH3 is 1. The summed E-state index contributed by atoms with van der Waals surface area (Å²) in [6.45, 7) is 3.20. The van der Waals surface area contributed by atoms with E-state index in [0.717, 1.165) is 28.6 Å². The van der Waals surface area contributed by atoms with Crippen molar-refractivity contribution in [1.82, 2.24) is 4.90 Å². The van der Waals surface area contributed by atoms with Crippen LogP contribution in [0, 0.1) is 0 Å². The van der Waals surface area contributed by atoms with E-state index in [2.05, 4.69) is 20.8 Å². The van der Waals surface area contributed by atoms with Crippen LogP contribution >= 0.6 is 15.9 Å². The van der Waals surface area contributed by atoms with Gasteiger partial charge in [-0.25, -0.2) is 0 Å². The Bertz CT molecular complexity index is 811. The minimum atomic E-state index is -0.772. The van der Waals surface area contributed by atoms with Gasteiger partial charge in [0, 0.05) is 11.0 Å². The van der Waals surface area contributed by atoms with Crippen LogP contribution in [-0.4, -0.2) is 42.3 Å². The predicted molar refractivity (Wildman–Crippen MR) is 108 cm³/mol. The summed E-state index contributed by atoms with van der Waals surface area (Å²) in [4.78, 5) is 13.9. The molecule has 0 aliphatic carbocycles. The van der Waals surface area contributed by atoms with E-state index in [9.17, 15) is 9.90 Å². The molecule has 0 aromatic heterocycles. The quantitative estimate of drug-likeness (QED) is 0.696. The second-order valence-corrected chi connectivity index (χ2v) is 7.45. The summed E-state index contributed by atoms with van der Waals surface area (Å²) in [5.41, 5.74) is 2.04. The van der Waals surface area contributed by atoms with Crippen LogP contribution < -0.4 is 9.47 Å². The number of hydrogen-bond acceptors (Lipinski definition) is 4. The van der Waals surface area contributed by atoms with Crippen molar-refractivity contribution in [3.63, 3.8) is 0 Å². The number of carbonyl (C=O) groups is 1. The Morgan fingerprint density at radius 2 is 2.04 bits per heavy atom. The van der Waals surface area contributed by atoms with Crippen molar-refractivity contribution in [2.24, 2.45) is 0 Å². The molecule has 2 aromatic rings. The zero-order valence-corrected chi connectivity index (χ0v) is 17.1. The topological polar surface area (TPSA) is 59.0 Å². The van der Waals surface area contributed by atoms with E-state index in [-0.39, 0.29) is 6.04 Å². The Kier molecular flexibility index (Phi) is 6.39. The van der Waals surface area contributed by atoms with E-state index in [1.54, 1.807) is 7.11 Å². The lowest BCUT2D eigenvalue weighted by molar-refractivity contribution is -0.142. The second-order valence-electron chi connectivity index (χ2n) is 6.53. The maximum absolute atomic E-state index is 11.8. The highest BCUT2D eigenvalue weighted by Crippen LogP contribution is 2.39. The molecule has 0 saturated carbocycles. The number of hydrogen-bond donors (Lipinski definition) is 1. The lowest BCUT2D eigenvalue weighted by Gasteiger charge is -2.32. The van der Waals surface area contributed by atoms with Crippen LogP contribution in [-0.2, 0) is 4.79 Å². The number of ether oxygens (including phenoxy) is 2. The smallest absolute Gasteiger partial charge is 0.320 e. The fourth-order valence-corrected chi connectivity index (χ4v) is 4.16. The predicted octanol–water partition coefficient (Wildman–Crippen LogP) is 4.49. The summed E-state index contributed by atoms with van der Waals surface area (Å²) in [7, 11) is 1.62. The van der Waals surface area contributed by atoms with Crippen LogP contribution in [0.3, 0.4) is 0 Å². The van der Waals surface area contributed by atoms with Crippen molar-refractivity contribution in [2.75, 3.05) is 20.3 Å². The first kappa shape index (κ1) is 19.7. The van der Waals surface area contributed by atoms with Gasteiger partial charge in [-0.2, -0.15) is 0 Å². The number of carboxylic acid groups (broad SMARTS) is 1. The maximum Gasteiger partial charge on any atom is 0.320 e. The number of likely N-dealkylation sites (tertiary alicyclic amines) is 1. The molecule has 144 valence electrons. The van der Waals surface area contributed by atoms with Crippen molar-refractivity contribution in [1.29, 1.82) is 0 Å². The van der Waals surface area contributed by atoms with Crippen molar-refractivity contribution < 1.29 is 19.4 Å². The third-order valence-corrected chi connectivity index (χ3v) is 5.37. The van der Waals surface area contributed by atoms with Crippen LogP contribution in [0.5, 0.6) is 11.5 Å². The number of benzene rings is 2. The van der Waals surface area contributed by atoms with Gasteiger partial charge in [0.2, 0.25) is 0 Å². The maximum atomic E-state index is 11.8. The molecule has 0 spiro atoms. The van der Waals surface area contributed by atoms with Gasteiger partial charge in [0.1, 0.15) is 6.04 Å². The highest BCUT2D eigenvalue weighted by molar-refractivity contribution is 9.10. The molecule has 1 aliphatic rings. The van der Waals surface area contributed by atoms with E-state index >= 15 is 0 Å². The highest BCUT2D eigenvalue weighted by atomic mass is 79.9. The van der Waals surface area contributed by atoms with Crippen molar-refractivity contribution >= 4 is 21.9 Å². The molecule has 1 N–H and O–H groups in total. The zero-order valence-electron chi connectivity index (χ0n) is 15.5. The Hall–Kier alpha value is -2.05. The number of aliphatic carboxylic acids is 1. The van der Waals surface area contributed by atoms with E-state index in [1.807, 2.05) is 49.4 Å². The van der Waals surface area contributed by atoms with Gasteiger partial charge >= 0.3 is 5.97 Å². The third kappa shape index (κ3) is 4.28. The molecule has 3 rings (SSSR count). The number of halogens is 1. The van der Waals surface area contributed by atoms with Crippen LogP contribution in [0.2, 0.25) is 0 Å². The van der Waals surface area contributed by atoms with Crippen LogP contribution in [0.15, 0.2) is 46.9 Å². The average molecular weight is 434 g/mol. The van der Waals surface area contributed by atoms with Crippen molar-refractivity contribution in [2.45, 2.75) is 31.8 Å². The molecule has 6 heteroatoms. The Morgan fingerprint density at radius 3 is 2.70 bits per heavy atom. The zero-order chi connectivity index (χ0) is 19.4. The fourth-order valence-electron chi connectivity index (χ4n) is 3.75. The molecule has 1 aliphatic heterocycles. The van der Waals surface area contributed by atoms with Crippen molar-refractivity contribution in [3.05, 3.63) is 58.1 Å². The van der Waals surface area contributed by atoms with Gasteiger partial charge in [-0.05, 0) is 55.2 Å². The first-order valence-electron chi connectivity index (χ1n) is 9.10. The molecule has 5 nitrogen and oxygen atoms in total. The Labute approximate surface area is 168 Å². The number of carboxylic acids is 1. The van der Waals surface area contributed by atoms with Gasteiger partial charge in [0.05, 0.1) is 19.8 Å². The molecule has 1 saturated heterocycles. The molecular formula is C21H24BrNO4. The van der Waals surface area contributed by atoms with Gasteiger partial charge in [-0.3, -0.25) is 9.69 Å². The lowest BCUT2D eigenvalue weighted by Crippen LogP contribution is -2.39. The average Bonchev–Trinajstić information content (AvgIpc) is 3.12. The monoisotopic (exact) mass is 433 g/mol. The largest absolute Gasteiger partial charge is 0.493 e. The van der Waals surface area contributed by atoms with E-state index in [1.165, 1.54) is 0 Å². The first-order chi connectivity index (χ1) is 13.0. The molecule has 0 bridgehead atoms. The van der Waals surface area contributed by atoms with Gasteiger partial charge < -0.3 is 14.6 Å². The Morgan fingerprint density at radius 1 is 1.26 bits per heavy atom. The molecule has 1 fully saturated rings. The Balaban J connectivity index is 2.10. The standard InChI is InChI=1S/C21H24BrNO4/c1-3-27-19-13-15(9-10-18(19)26-2)20(14-6-4-7-16(22)12-14)23-11-5-8-17(23)21(24)25/h4,6-7,9-10,12-13,17,20H,3,5,8,11H2,1-2H3,(H,24,25). The summed E-state index contributed by atoms with van der Waals surface area (Å²) in [6, 6.07) is 13.2. The van der Waals surface area contributed by atoms with Crippen LogP contribution in [0.4, 0.5) is 0 Å². The molecule has 27 heavy (non-hydrogen) atoms. The molecular weight excluding hydrogens is 410 g/mol. The molecule has 0 radical (unpaired) electrons. The summed E-state index contributed by atoms with van der Waals surface area (Å²) < 4.78 is 12.1. The SMILES string of the molecule is CCOc1cc(C(c2cccc(Br)c2)N2CCCC2C(=O)O)ccc1OC. The highest BCUT2D eigenvalue weighted by Gasteiger charge is 2.37. The van der Waals surface area contributed by atoms with Crippen molar-refractivity contribution in [3.8, 4) is 11.5 Å². The van der Waals surface area contributed by atoms with Gasteiger partial charge in [-0.15, -0.1) is 0 Å². The van der Waals surface area contributed by atoms with Gasteiger partial charge in [0.15, 0.2) is 11.5 Å². The van der Waals surface area contributed by atoms with Gasteiger partial charge in [-0.1, -0.05) is 34.1 Å². The minimum Gasteiger partial charge on any atom is -0.493 e. The normalized spacial score (nSPS) is 18.3. The fraction of sp³-hybridized carbons (Fsp3) is 0.381. The van der Waals surface area contributed by atoms with Crippen LogP contribution in [0.1, 0.15) is 36.9 Å². The van der Waals surface area contributed by atoms with E-state index in [4.69, 9.17) is 9.47 Å². The number of rotatable bonds is 7. The van der Waals surface area contributed by atoms with E-state index < -0.39 is 12.0 Å². The van der Waals surface area contributed by atoms with Crippen LogP contribution in [0.25, 0.3) is 0 Å².